The second-order valence-electron chi connectivity index (χ2n) is 2.43. The molecule has 0 saturated carbocycles. The van der Waals surface area contributed by atoms with Crippen molar-refractivity contribution in [2.75, 3.05) is 20.1 Å². The van der Waals surface area contributed by atoms with Gasteiger partial charge in [-0.05, 0) is 0 Å². The average molecular weight is 203 g/mol. The Bertz CT molecular complexity index is 229. The van der Waals surface area contributed by atoms with Gasteiger partial charge in [0.1, 0.15) is 0 Å². The van der Waals surface area contributed by atoms with Crippen LogP contribution < -0.4 is 16.0 Å². The van der Waals surface area contributed by atoms with Crippen molar-refractivity contribution in [1.29, 1.82) is 0 Å². The van der Waals surface area contributed by atoms with Crippen LogP contribution in [-0.4, -0.2) is 43.2 Å². The van der Waals surface area contributed by atoms with Crippen molar-refractivity contribution in [2.45, 2.75) is 6.42 Å². The molecule has 0 aliphatic rings. The van der Waals surface area contributed by atoms with Gasteiger partial charge in [0.25, 0.3) is 0 Å². The molecule has 14 heavy (non-hydrogen) atoms. The predicted molar refractivity (Wildman–Crippen MR) is 47.7 cm³/mol. The van der Waals surface area contributed by atoms with Gasteiger partial charge in [-0.1, -0.05) is 0 Å². The molecule has 0 spiro atoms. The largest absolute Gasteiger partial charge is 0.481 e. The first-order valence-corrected chi connectivity index (χ1v) is 4.00. The molecule has 0 unspecified atom stereocenters. The van der Waals surface area contributed by atoms with Gasteiger partial charge in [0, 0.05) is 13.6 Å². The molecule has 0 aromatic heterocycles. The number of hydrogen-bond donors (Lipinski definition) is 4. The molecule has 0 heterocycles. The van der Waals surface area contributed by atoms with Crippen LogP contribution >= 0.6 is 0 Å². The Hall–Kier alpha value is -1.79. The molecule has 0 radical (unpaired) electrons. The van der Waals surface area contributed by atoms with E-state index < -0.39 is 12.0 Å². The summed E-state index contributed by atoms with van der Waals surface area (Å²) in [6.07, 6.45) is -0.145. The van der Waals surface area contributed by atoms with Gasteiger partial charge in [0.05, 0.1) is 13.0 Å². The summed E-state index contributed by atoms with van der Waals surface area (Å²) in [5.74, 6) is -1.31. The maximum atomic E-state index is 10.8. The minimum atomic E-state index is -0.989. The lowest BCUT2D eigenvalue weighted by Crippen LogP contribution is -2.41. The lowest BCUT2D eigenvalue weighted by Gasteiger charge is -2.05. The number of aliphatic carboxylic acids is 1. The third kappa shape index (κ3) is 6.89. The van der Waals surface area contributed by atoms with Crippen molar-refractivity contribution >= 4 is 17.9 Å². The zero-order chi connectivity index (χ0) is 11.0. The van der Waals surface area contributed by atoms with E-state index in [1.165, 1.54) is 7.05 Å². The van der Waals surface area contributed by atoms with Gasteiger partial charge in [-0.25, -0.2) is 4.79 Å². The number of carbonyl (C=O) groups excluding carboxylic acids is 2. The van der Waals surface area contributed by atoms with Crippen molar-refractivity contribution < 1.29 is 19.5 Å². The second kappa shape index (κ2) is 6.70. The maximum absolute atomic E-state index is 10.8. The fourth-order valence-corrected chi connectivity index (χ4v) is 0.594. The molecule has 0 bridgehead atoms. The number of carboxylic acid groups (broad SMARTS) is 1. The van der Waals surface area contributed by atoms with Crippen LogP contribution in [0.3, 0.4) is 0 Å². The highest BCUT2D eigenvalue weighted by Gasteiger charge is 2.03. The van der Waals surface area contributed by atoms with E-state index in [4.69, 9.17) is 5.11 Å². The molecule has 3 amide bonds. The summed E-state index contributed by atoms with van der Waals surface area (Å²) in [5, 5.41) is 15.1. The third-order valence-corrected chi connectivity index (χ3v) is 1.31. The minimum Gasteiger partial charge on any atom is -0.481 e. The summed E-state index contributed by atoms with van der Waals surface area (Å²) in [5.41, 5.74) is 0. The lowest BCUT2D eigenvalue weighted by atomic mass is 10.4. The Morgan fingerprint density at radius 3 is 2.36 bits per heavy atom. The van der Waals surface area contributed by atoms with E-state index in [9.17, 15) is 14.4 Å². The van der Waals surface area contributed by atoms with Crippen LogP contribution in [0, 0.1) is 0 Å². The molecule has 0 aromatic rings. The topological polar surface area (TPSA) is 108 Å². The molecule has 0 aromatic carbocycles. The molecule has 0 saturated heterocycles. The third-order valence-electron chi connectivity index (χ3n) is 1.31. The van der Waals surface area contributed by atoms with Gasteiger partial charge in [0.2, 0.25) is 5.91 Å². The first kappa shape index (κ1) is 12.2. The summed E-state index contributed by atoms with van der Waals surface area (Å²) in [6, 6.07) is -0.560. The van der Waals surface area contributed by atoms with Gasteiger partial charge in [0.15, 0.2) is 0 Å². The van der Waals surface area contributed by atoms with Gasteiger partial charge in [-0.3, -0.25) is 9.59 Å². The fraction of sp³-hybridized carbons (Fsp3) is 0.571. The van der Waals surface area contributed by atoms with Crippen LogP contribution in [-0.2, 0) is 9.59 Å². The van der Waals surface area contributed by atoms with E-state index in [1.807, 2.05) is 0 Å². The maximum Gasteiger partial charge on any atom is 0.315 e. The van der Waals surface area contributed by atoms with Crippen LogP contribution in [0.25, 0.3) is 0 Å². The van der Waals surface area contributed by atoms with Crippen LogP contribution in [0.15, 0.2) is 0 Å². The molecule has 0 rings (SSSR count). The number of urea groups is 1. The lowest BCUT2D eigenvalue weighted by molar-refractivity contribution is -0.136. The van der Waals surface area contributed by atoms with E-state index in [2.05, 4.69) is 16.0 Å². The van der Waals surface area contributed by atoms with Crippen molar-refractivity contribution in [3.63, 3.8) is 0 Å². The van der Waals surface area contributed by atoms with Gasteiger partial charge >= 0.3 is 12.0 Å². The van der Waals surface area contributed by atoms with Gasteiger partial charge < -0.3 is 21.1 Å². The Morgan fingerprint density at radius 1 is 1.21 bits per heavy atom. The number of hydrogen-bond acceptors (Lipinski definition) is 3. The SMILES string of the molecule is CNC(=O)CNC(=O)NCCC(=O)O. The fourth-order valence-electron chi connectivity index (χ4n) is 0.594. The van der Waals surface area contributed by atoms with Crippen LogP contribution in [0.1, 0.15) is 6.42 Å². The Labute approximate surface area is 80.9 Å². The average Bonchev–Trinajstić information content (AvgIpc) is 2.13. The summed E-state index contributed by atoms with van der Waals surface area (Å²) in [7, 11) is 1.45. The number of nitrogens with one attached hydrogen (secondary N) is 3. The zero-order valence-corrected chi connectivity index (χ0v) is 7.79. The van der Waals surface area contributed by atoms with Crippen LogP contribution in [0.5, 0.6) is 0 Å². The number of amides is 3. The quantitative estimate of drug-likeness (QED) is 0.436. The minimum absolute atomic E-state index is 0.0366. The van der Waals surface area contributed by atoms with Crippen molar-refractivity contribution in [2.24, 2.45) is 0 Å². The van der Waals surface area contributed by atoms with Crippen molar-refractivity contribution in [1.82, 2.24) is 16.0 Å². The predicted octanol–water partition coefficient (Wildman–Crippen LogP) is -1.49. The standard InChI is InChI=1S/C7H13N3O4/c1-8-5(11)4-10-7(14)9-3-2-6(12)13/h2-4H2,1H3,(H,8,11)(H,12,13)(H2,9,10,14). The number of likely N-dealkylation sites (N-methyl/N-ethyl adjacent to an activating group) is 1. The number of carboxylic acids is 1. The Kier molecular flexibility index (Phi) is 5.84. The van der Waals surface area contributed by atoms with E-state index in [-0.39, 0.29) is 25.4 Å². The highest BCUT2D eigenvalue weighted by Crippen LogP contribution is 1.75. The zero-order valence-electron chi connectivity index (χ0n) is 7.79. The molecule has 4 N–H and O–H groups in total. The van der Waals surface area contributed by atoms with E-state index in [1.54, 1.807) is 0 Å². The molecular weight excluding hydrogens is 190 g/mol. The normalized spacial score (nSPS) is 8.93. The number of carbonyl (C=O) groups is 3. The van der Waals surface area contributed by atoms with Crippen molar-refractivity contribution in [3.05, 3.63) is 0 Å². The van der Waals surface area contributed by atoms with E-state index in [0.29, 0.717) is 0 Å². The molecule has 0 atom stereocenters. The second-order valence-corrected chi connectivity index (χ2v) is 2.43. The van der Waals surface area contributed by atoms with Gasteiger partial charge in [-0.15, -0.1) is 0 Å². The highest BCUT2D eigenvalue weighted by molar-refractivity contribution is 5.83. The molecule has 7 nitrogen and oxygen atoms in total. The molecule has 80 valence electrons. The van der Waals surface area contributed by atoms with Gasteiger partial charge in [-0.2, -0.15) is 0 Å². The smallest absolute Gasteiger partial charge is 0.315 e. The Balaban J connectivity index is 3.46. The van der Waals surface area contributed by atoms with Crippen LogP contribution in [0.2, 0.25) is 0 Å². The molecule has 0 aliphatic heterocycles. The first-order chi connectivity index (χ1) is 6.56. The Morgan fingerprint density at radius 2 is 1.86 bits per heavy atom. The molecule has 0 fully saturated rings. The molecule has 7 heteroatoms. The summed E-state index contributed by atoms with van der Waals surface area (Å²) in [4.78, 5) is 31.6. The molecule has 0 aliphatic carbocycles. The van der Waals surface area contributed by atoms with Crippen molar-refractivity contribution in [3.8, 4) is 0 Å². The summed E-state index contributed by atoms with van der Waals surface area (Å²) in [6.45, 7) is -0.0929. The van der Waals surface area contributed by atoms with E-state index >= 15 is 0 Å². The highest BCUT2D eigenvalue weighted by atomic mass is 16.4. The monoisotopic (exact) mass is 203 g/mol. The number of rotatable bonds is 5. The van der Waals surface area contributed by atoms with E-state index in [0.717, 1.165) is 0 Å². The first-order valence-electron chi connectivity index (χ1n) is 4.00. The summed E-state index contributed by atoms with van der Waals surface area (Å²) >= 11 is 0. The molecular formula is C7H13N3O4. The summed E-state index contributed by atoms with van der Waals surface area (Å²) < 4.78 is 0. The van der Waals surface area contributed by atoms with Crippen LogP contribution in [0.4, 0.5) is 4.79 Å².